The fourth-order valence-electron chi connectivity index (χ4n) is 2.87. The summed E-state index contributed by atoms with van der Waals surface area (Å²) in [5, 5.41) is 3.52. The molecule has 4 heteroatoms. The van der Waals surface area contributed by atoms with Crippen molar-refractivity contribution < 1.29 is 0 Å². The average Bonchev–Trinajstić information content (AvgIpc) is 2.89. The molecule has 102 valence electrons. The van der Waals surface area contributed by atoms with E-state index < -0.39 is 0 Å². The topological polar surface area (TPSA) is 15.3 Å². The Morgan fingerprint density at radius 2 is 2.28 bits per heavy atom. The Morgan fingerprint density at radius 3 is 2.78 bits per heavy atom. The minimum absolute atomic E-state index is 0.440. The molecule has 2 nitrogen and oxygen atoms in total. The SMILES string of the molecule is CC(C)C1(CN(C)Cc2ccc(Cl)s2)CCNC1. The van der Waals surface area contributed by atoms with Crippen LogP contribution >= 0.6 is 22.9 Å². The molecule has 2 rings (SSSR count). The Kier molecular flexibility index (Phi) is 4.70. The van der Waals surface area contributed by atoms with Gasteiger partial charge in [0.1, 0.15) is 0 Å². The molecule has 1 fully saturated rings. The fourth-order valence-corrected chi connectivity index (χ4v) is 4.04. The summed E-state index contributed by atoms with van der Waals surface area (Å²) in [4.78, 5) is 3.79. The minimum atomic E-state index is 0.440. The van der Waals surface area contributed by atoms with Crippen LogP contribution in [-0.4, -0.2) is 31.6 Å². The van der Waals surface area contributed by atoms with Crippen LogP contribution in [-0.2, 0) is 6.54 Å². The Labute approximate surface area is 119 Å². The predicted octanol–water partition coefficient (Wildman–Crippen LogP) is 3.47. The third kappa shape index (κ3) is 3.27. The van der Waals surface area contributed by atoms with Crippen LogP contribution in [0.4, 0.5) is 0 Å². The zero-order valence-electron chi connectivity index (χ0n) is 11.5. The van der Waals surface area contributed by atoms with E-state index in [9.17, 15) is 0 Å². The number of hydrogen-bond donors (Lipinski definition) is 1. The van der Waals surface area contributed by atoms with Crippen molar-refractivity contribution in [3.05, 3.63) is 21.3 Å². The minimum Gasteiger partial charge on any atom is -0.316 e. The van der Waals surface area contributed by atoms with Gasteiger partial charge < -0.3 is 10.2 Å². The summed E-state index contributed by atoms with van der Waals surface area (Å²) in [7, 11) is 2.22. The molecule has 18 heavy (non-hydrogen) atoms. The molecule has 1 aromatic heterocycles. The first-order valence-electron chi connectivity index (χ1n) is 6.65. The molecule has 0 aromatic carbocycles. The van der Waals surface area contributed by atoms with Gasteiger partial charge in [-0.1, -0.05) is 25.4 Å². The second-order valence-corrected chi connectivity index (χ2v) is 7.62. The Morgan fingerprint density at radius 1 is 1.50 bits per heavy atom. The van der Waals surface area contributed by atoms with Crippen LogP contribution in [0, 0.1) is 11.3 Å². The first-order chi connectivity index (χ1) is 8.52. The maximum atomic E-state index is 5.98. The Balaban J connectivity index is 1.95. The quantitative estimate of drug-likeness (QED) is 0.892. The number of hydrogen-bond acceptors (Lipinski definition) is 3. The number of nitrogens with zero attached hydrogens (tertiary/aromatic N) is 1. The third-order valence-electron chi connectivity index (χ3n) is 4.14. The highest BCUT2D eigenvalue weighted by atomic mass is 35.5. The highest BCUT2D eigenvalue weighted by molar-refractivity contribution is 7.16. The van der Waals surface area contributed by atoms with Gasteiger partial charge in [-0.3, -0.25) is 0 Å². The van der Waals surface area contributed by atoms with E-state index in [-0.39, 0.29) is 0 Å². The fraction of sp³-hybridized carbons (Fsp3) is 0.714. The summed E-state index contributed by atoms with van der Waals surface area (Å²) in [6, 6.07) is 4.13. The largest absolute Gasteiger partial charge is 0.316 e. The molecule has 0 amide bonds. The van der Waals surface area contributed by atoms with Gasteiger partial charge in [-0.25, -0.2) is 0 Å². The average molecular weight is 287 g/mol. The zero-order valence-corrected chi connectivity index (χ0v) is 13.1. The molecule has 0 bridgehead atoms. The molecule has 1 N–H and O–H groups in total. The van der Waals surface area contributed by atoms with Crippen LogP contribution in [0.25, 0.3) is 0 Å². The van der Waals surface area contributed by atoms with E-state index in [4.69, 9.17) is 11.6 Å². The van der Waals surface area contributed by atoms with Gasteiger partial charge in [0.25, 0.3) is 0 Å². The third-order valence-corrected chi connectivity index (χ3v) is 5.36. The molecule has 1 aromatic rings. The van der Waals surface area contributed by atoms with Gasteiger partial charge in [-0.05, 0) is 43.5 Å². The molecular formula is C14H23ClN2S. The van der Waals surface area contributed by atoms with Crippen LogP contribution in [0.1, 0.15) is 25.1 Å². The Bertz CT molecular complexity index is 383. The van der Waals surface area contributed by atoms with E-state index in [1.807, 2.05) is 6.07 Å². The standard InChI is InChI=1S/C14H23ClN2S/c1-11(2)14(6-7-16-9-14)10-17(3)8-12-4-5-13(15)18-12/h4-5,11,16H,6-10H2,1-3H3. The summed E-state index contributed by atoms with van der Waals surface area (Å²) in [5.41, 5.74) is 0.440. The van der Waals surface area contributed by atoms with E-state index in [0.717, 1.165) is 36.4 Å². The first kappa shape index (κ1) is 14.3. The van der Waals surface area contributed by atoms with E-state index in [0.29, 0.717) is 5.41 Å². The molecule has 1 atom stereocenters. The van der Waals surface area contributed by atoms with Gasteiger partial charge in [0.15, 0.2) is 0 Å². The van der Waals surface area contributed by atoms with Crippen molar-refractivity contribution >= 4 is 22.9 Å². The zero-order chi connectivity index (χ0) is 13.2. The van der Waals surface area contributed by atoms with Crippen molar-refractivity contribution in [2.75, 3.05) is 26.7 Å². The number of halogens is 1. The summed E-state index contributed by atoms with van der Waals surface area (Å²) >= 11 is 7.67. The van der Waals surface area contributed by atoms with E-state index in [2.05, 4.69) is 37.2 Å². The molecule has 0 aliphatic carbocycles. The van der Waals surface area contributed by atoms with Gasteiger partial charge in [-0.15, -0.1) is 11.3 Å². The van der Waals surface area contributed by atoms with Crippen molar-refractivity contribution in [2.24, 2.45) is 11.3 Å². The summed E-state index contributed by atoms with van der Waals surface area (Å²) in [6.07, 6.45) is 1.29. The van der Waals surface area contributed by atoms with Crippen molar-refractivity contribution in [1.82, 2.24) is 10.2 Å². The lowest BCUT2D eigenvalue weighted by Crippen LogP contribution is -2.40. The molecule has 0 radical (unpaired) electrons. The van der Waals surface area contributed by atoms with Crippen molar-refractivity contribution in [1.29, 1.82) is 0 Å². The van der Waals surface area contributed by atoms with Crippen LogP contribution < -0.4 is 5.32 Å². The summed E-state index contributed by atoms with van der Waals surface area (Å²) < 4.78 is 0.888. The lowest BCUT2D eigenvalue weighted by Gasteiger charge is -2.36. The monoisotopic (exact) mass is 286 g/mol. The molecule has 1 saturated heterocycles. The van der Waals surface area contributed by atoms with Gasteiger partial charge in [0, 0.05) is 24.5 Å². The second-order valence-electron chi connectivity index (χ2n) is 5.82. The van der Waals surface area contributed by atoms with Gasteiger partial charge in [-0.2, -0.15) is 0 Å². The van der Waals surface area contributed by atoms with Crippen molar-refractivity contribution in [3.63, 3.8) is 0 Å². The van der Waals surface area contributed by atoms with Crippen molar-refractivity contribution in [3.8, 4) is 0 Å². The maximum Gasteiger partial charge on any atom is 0.0931 e. The number of thiophene rings is 1. The van der Waals surface area contributed by atoms with E-state index >= 15 is 0 Å². The lowest BCUT2D eigenvalue weighted by atomic mass is 9.76. The molecule has 1 aliphatic rings. The molecular weight excluding hydrogens is 264 g/mol. The Hall–Kier alpha value is -0.0900. The number of nitrogens with one attached hydrogen (secondary N) is 1. The van der Waals surface area contributed by atoms with Crippen LogP contribution in [0.3, 0.4) is 0 Å². The summed E-state index contributed by atoms with van der Waals surface area (Å²) in [5.74, 6) is 0.724. The lowest BCUT2D eigenvalue weighted by molar-refractivity contribution is 0.132. The van der Waals surface area contributed by atoms with Crippen LogP contribution in [0.2, 0.25) is 4.34 Å². The van der Waals surface area contributed by atoms with Gasteiger partial charge >= 0.3 is 0 Å². The molecule has 1 aliphatic heterocycles. The van der Waals surface area contributed by atoms with Gasteiger partial charge in [0.05, 0.1) is 4.34 Å². The van der Waals surface area contributed by atoms with E-state index in [1.54, 1.807) is 11.3 Å². The second kappa shape index (κ2) is 5.91. The molecule has 1 unspecified atom stereocenters. The molecule has 0 saturated carbocycles. The normalized spacial score (nSPS) is 24.3. The first-order valence-corrected chi connectivity index (χ1v) is 7.85. The van der Waals surface area contributed by atoms with Crippen LogP contribution in [0.5, 0.6) is 0 Å². The smallest absolute Gasteiger partial charge is 0.0931 e. The van der Waals surface area contributed by atoms with E-state index in [1.165, 1.54) is 11.3 Å². The maximum absolute atomic E-state index is 5.98. The predicted molar refractivity (Wildman–Crippen MR) is 80.4 cm³/mol. The summed E-state index contributed by atoms with van der Waals surface area (Å²) in [6.45, 7) is 9.18. The highest BCUT2D eigenvalue weighted by Crippen LogP contribution is 2.35. The highest BCUT2D eigenvalue weighted by Gasteiger charge is 2.37. The molecule has 0 spiro atoms. The number of rotatable bonds is 5. The van der Waals surface area contributed by atoms with Crippen LogP contribution in [0.15, 0.2) is 12.1 Å². The van der Waals surface area contributed by atoms with Crippen molar-refractivity contribution in [2.45, 2.75) is 26.8 Å². The van der Waals surface area contributed by atoms with Gasteiger partial charge in [0.2, 0.25) is 0 Å². The molecule has 2 heterocycles.